The van der Waals surface area contributed by atoms with Gasteiger partial charge in [-0.25, -0.2) is 9.18 Å². The van der Waals surface area contributed by atoms with Crippen LogP contribution in [0, 0.1) is 33.9 Å². The fourth-order valence-electron chi connectivity index (χ4n) is 10.7. The Morgan fingerprint density at radius 1 is 1.00 bits per heavy atom. The minimum atomic E-state index is -0.449. The number of nitriles is 1. The van der Waals surface area contributed by atoms with Crippen molar-refractivity contribution < 1.29 is 33.4 Å². The Morgan fingerprint density at radius 3 is 2.48 bits per heavy atom. The Hall–Kier alpha value is -6.60. The number of urea groups is 1. The summed E-state index contributed by atoms with van der Waals surface area (Å²) >= 11 is 0. The molecule has 0 spiro atoms. The lowest BCUT2D eigenvalue weighted by Crippen LogP contribution is -2.74. The van der Waals surface area contributed by atoms with Gasteiger partial charge in [0.2, 0.25) is 5.91 Å². The van der Waals surface area contributed by atoms with E-state index in [1.165, 1.54) is 6.07 Å². The van der Waals surface area contributed by atoms with Crippen molar-refractivity contribution in [2.24, 2.45) is 16.7 Å². The number of anilines is 2. The number of piperidine rings is 1. The second kappa shape index (κ2) is 17.3. The molecule has 3 N–H and O–H groups in total. The summed E-state index contributed by atoms with van der Waals surface area (Å²) in [5.41, 5.74) is 2.72. The number of imide groups is 1. The van der Waals surface area contributed by atoms with Gasteiger partial charge >= 0.3 is 6.03 Å². The van der Waals surface area contributed by atoms with Crippen LogP contribution in [0.3, 0.4) is 0 Å². The van der Waals surface area contributed by atoms with Gasteiger partial charge in [-0.1, -0.05) is 33.8 Å². The number of carboxylic acid groups (broad SMARTS) is 1. The lowest BCUT2D eigenvalue weighted by atomic mass is 9.49. The highest BCUT2D eigenvalue weighted by Crippen LogP contribution is 2.56. The van der Waals surface area contributed by atoms with Gasteiger partial charge < -0.3 is 25.0 Å². The first-order valence-electron chi connectivity index (χ1n) is 21.4. The van der Waals surface area contributed by atoms with Gasteiger partial charge in [-0.3, -0.25) is 34.3 Å². The zero-order valence-electron chi connectivity index (χ0n) is 35.9. The summed E-state index contributed by atoms with van der Waals surface area (Å²) in [7, 11) is 0. The molecular weight excluding hydrogens is 806 g/mol. The van der Waals surface area contributed by atoms with Crippen molar-refractivity contribution >= 4 is 57.5 Å². The van der Waals surface area contributed by atoms with Gasteiger partial charge in [0, 0.05) is 85.1 Å². The molecule has 4 aliphatic rings. The molecule has 2 aromatic heterocycles. The largest absolute Gasteiger partial charge is 0.488 e. The molecule has 4 amide bonds. The Morgan fingerprint density at radius 2 is 1.76 bits per heavy atom. The number of carbonyl (C=O) groups excluding carboxylic acids is 3. The van der Waals surface area contributed by atoms with E-state index in [0.717, 1.165) is 74.0 Å². The van der Waals surface area contributed by atoms with Crippen LogP contribution in [-0.4, -0.2) is 101 Å². The topological polar surface area (TPSA) is 186 Å². The molecule has 16 heteroatoms. The summed E-state index contributed by atoms with van der Waals surface area (Å²) in [4.78, 5) is 56.9. The third kappa shape index (κ3) is 8.13. The number of carbonyl (C=O) groups is 4. The van der Waals surface area contributed by atoms with E-state index in [0.29, 0.717) is 35.0 Å². The van der Waals surface area contributed by atoms with Gasteiger partial charge in [0.05, 0.1) is 40.2 Å². The molecule has 5 aromatic rings. The van der Waals surface area contributed by atoms with Gasteiger partial charge in [-0.15, -0.1) is 0 Å². The number of halogens is 1. The molecule has 1 aliphatic carbocycles. The van der Waals surface area contributed by atoms with E-state index in [1.807, 2.05) is 42.6 Å². The SMILES string of the molecule is CC1(C)C(NC(=O)c2ccc(N3CC[C@H](CN4CCC(n5ncc6c(N7CCC(=O)NC7=O)cccc65)CC4)C3)c(F)c2)C(C)(C)C1Oc1ccc(C#N)c2ncccc12.O=CO. The average molecular weight is 858 g/mol. The van der Waals surface area contributed by atoms with E-state index >= 15 is 4.39 Å². The van der Waals surface area contributed by atoms with Gasteiger partial charge in [0.25, 0.3) is 12.4 Å². The highest BCUT2D eigenvalue weighted by molar-refractivity contribution is 6.09. The quantitative estimate of drug-likeness (QED) is 0.137. The molecule has 0 bridgehead atoms. The number of pyridine rings is 1. The first kappa shape index (κ1) is 43.1. The van der Waals surface area contributed by atoms with Crippen LogP contribution < -0.4 is 25.2 Å². The van der Waals surface area contributed by atoms with Crippen LogP contribution in [-0.2, 0) is 9.59 Å². The number of benzene rings is 3. The molecule has 1 saturated carbocycles. The lowest BCUT2D eigenvalue weighted by molar-refractivity contribution is -0.163. The summed E-state index contributed by atoms with van der Waals surface area (Å²) in [5.74, 6) is 0.0616. The Kier molecular flexibility index (Phi) is 11.8. The van der Waals surface area contributed by atoms with Crippen molar-refractivity contribution in [1.82, 2.24) is 30.3 Å². The zero-order chi connectivity index (χ0) is 44.6. The molecule has 15 nitrogen and oxygen atoms in total. The maximum absolute atomic E-state index is 15.8. The van der Waals surface area contributed by atoms with E-state index < -0.39 is 22.7 Å². The highest BCUT2D eigenvalue weighted by Gasteiger charge is 2.64. The molecule has 5 heterocycles. The van der Waals surface area contributed by atoms with Gasteiger partial charge in [0.15, 0.2) is 0 Å². The van der Waals surface area contributed by atoms with Crippen molar-refractivity contribution in [2.75, 3.05) is 49.1 Å². The van der Waals surface area contributed by atoms with Gasteiger partial charge in [0.1, 0.15) is 23.7 Å². The van der Waals surface area contributed by atoms with E-state index in [9.17, 15) is 19.6 Å². The number of likely N-dealkylation sites (tertiary alicyclic amines) is 1. The molecule has 1 atom stereocenters. The monoisotopic (exact) mass is 857 g/mol. The van der Waals surface area contributed by atoms with Crippen molar-refractivity contribution in [2.45, 2.75) is 71.6 Å². The first-order valence-corrected chi connectivity index (χ1v) is 21.4. The van der Waals surface area contributed by atoms with Gasteiger partial charge in [-0.05, 0) is 79.8 Å². The first-order chi connectivity index (χ1) is 30.2. The molecule has 9 rings (SSSR count). The molecule has 3 saturated heterocycles. The summed E-state index contributed by atoms with van der Waals surface area (Å²) in [6, 6.07) is 19.7. The van der Waals surface area contributed by atoms with Crippen molar-refractivity contribution in [3.8, 4) is 11.8 Å². The van der Waals surface area contributed by atoms with Crippen LogP contribution in [0.25, 0.3) is 21.8 Å². The summed E-state index contributed by atoms with van der Waals surface area (Å²) < 4.78 is 24.5. The second-order valence-electron chi connectivity index (χ2n) is 18.1. The molecule has 0 unspecified atom stereocenters. The van der Waals surface area contributed by atoms with Crippen LogP contribution in [0.5, 0.6) is 5.75 Å². The van der Waals surface area contributed by atoms with E-state index in [-0.39, 0.29) is 48.5 Å². The van der Waals surface area contributed by atoms with Crippen LogP contribution in [0.15, 0.2) is 73.1 Å². The van der Waals surface area contributed by atoms with Crippen molar-refractivity contribution in [3.63, 3.8) is 0 Å². The number of fused-ring (bicyclic) bond motifs is 2. The smallest absolute Gasteiger partial charge is 0.328 e. The van der Waals surface area contributed by atoms with Gasteiger partial charge in [-0.2, -0.15) is 10.4 Å². The fraction of sp³-hybridized carbons (Fsp3) is 0.426. The number of hydrogen-bond acceptors (Lipinski definition) is 10. The van der Waals surface area contributed by atoms with E-state index in [2.05, 4.69) is 63.9 Å². The minimum Gasteiger partial charge on any atom is -0.488 e. The normalized spacial score (nSPS) is 22.1. The number of aromatic nitrogens is 3. The molecule has 3 aliphatic heterocycles. The Bertz CT molecular complexity index is 2600. The molecule has 0 radical (unpaired) electrons. The fourth-order valence-corrected chi connectivity index (χ4v) is 10.7. The van der Waals surface area contributed by atoms with Crippen LogP contribution >= 0.6 is 0 Å². The molecule has 63 heavy (non-hydrogen) atoms. The third-order valence-electron chi connectivity index (χ3n) is 13.4. The van der Waals surface area contributed by atoms with Crippen LogP contribution in [0.1, 0.15) is 75.3 Å². The average Bonchev–Trinajstić information content (AvgIpc) is 3.92. The lowest BCUT2D eigenvalue weighted by Gasteiger charge is -2.63. The molecule has 3 aromatic carbocycles. The maximum atomic E-state index is 15.8. The number of rotatable bonds is 9. The standard InChI is InChI=1S/C46H50FN9O4.CH2O2/c1-45(2)42(46(3,4)43(45)60-38-13-11-30(24-48)40-32(38)7-6-18-49-40)52-41(58)29-10-12-37(34(47)23-29)54-21-14-28(27-54)26-53-19-15-31(16-20-53)56-36-9-5-8-35(33(36)25-50-56)55-22-17-39(57)51-44(55)59;2-1-3/h5-13,18,23,25,28,31,42-43H,14-17,19-22,26-27H2,1-4H3,(H,52,58)(H,51,57,59);1H,(H,2,3)/t28-,42?,43?;/m1./s1. The Labute approximate surface area is 364 Å². The zero-order valence-corrected chi connectivity index (χ0v) is 35.9. The number of hydrogen-bond donors (Lipinski definition) is 3. The number of amides is 4. The second-order valence-corrected chi connectivity index (χ2v) is 18.1. The summed E-state index contributed by atoms with van der Waals surface area (Å²) in [6.45, 7) is 12.7. The van der Waals surface area contributed by atoms with E-state index in [1.54, 1.807) is 29.3 Å². The number of nitrogens with zero attached hydrogens (tertiary/aromatic N) is 7. The van der Waals surface area contributed by atoms with Crippen LogP contribution in [0.4, 0.5) is 20.6 Å². The van der Waals surface area contributed by atoms with Crippen molar-refractivity contribution in [3.05, 3.63) is 90.0 Å². The van der Waals surface area contributed by atoms with Crippen molar-refractivity contribution in [1.29, 1.82) is 5.26 Å². The highest BCUT2D eigenvalue weighted by atomic mass is 19.1. The molecule has 4 fully saturated rings. The molecule has 328 valence electrons. The summed E-state index contributed by atoms with van der Waals surface area (Å²) in [5, 5.41) is 28.5. The summed E-state index contributed by atoms with van der Waals surface area (Å²) in [6.07, 6.45) is 6.37. The maximum Gasteiger partial charge on any atom is 0.328 e. The van der Waals surface area contributed by atoms with E-state index in [4.69, 9.17) is 19.7 Å². The molecular formula is C47H52FN9O6. The number of ether oxygens (including phenoxy) is 1. The Balaban J connectivity index is 0.00000177. The minimum absolute atomic E-state index is 0.235. The predicted molar refractivity (Wildman–Crippen MR) is 235 cm³/mol. The third-order valence-corrected chi connectivity index (χ3v) is 13.4. The number of nitrogens with one attached hydrogen (secondary N) is 2. The predicted octanol–water partition coefficient (Wildman–Crippen LogP) is 6.52. The van der Waals surface area contributed by atoms with Crippen LogP contribution in [0.2, 0.25) is 0 Å².